The first-order chi connectivity index (χ1) is 20.0. The molecule has 3 aliphatic rings. The summed E-state index contributed by atoms with van der Waals surface area (Å²) in [6.45, 7) is 3.97. The summed E-state index contributed by atoms with van der Waals surface area (Å²) in [5.41, 5.74) is 1.52. The summed E-state index contributed by atoms with van der Waals surface area (Å²) in [5.74, 6) is 0.427. The average molecular weight is 567 g/mol. The minimum Gasteiger partial charge on any atom is -0.497 e. The van der Waals surface area contributed by atoms with E-state index in [1.807, 2.05) is 6.07 Å². The van der Waals surface area contributed by atoms with Crippen LogP contribution in [0.15, 0.2) is 47.6 Å². The molecule has 2 fully saturated rings. The summed E-state index contributed by atoms with van der Waals surface area (Å²) in [4.78, 5) is 31.6. The molecule has 0 spiro atoms. The largest absolute Gasteiger partial charge is 0.497 e. The third kappa shape index (κ3) is 6.70. The molecular formula is C31H39FN4O5. The number of hydrogen-bond acceptors (Lipinski definition) is 7. The third-order valence-electron chi connectivity index (χ3n) is 8.28. The lowest BCUT2D eigenvalue weighted by Crippen LogP contribution is -2.48. The molecule has 41 heavy (non-hydrogen) atoms. The zero-order chi connectivity index (χ0) is 28.8. The topological polar surface area (TPSA) is 83.9 Å². The van der Waals surface area contributed by atoms with Gasteiger partial charge in [0.15, 0.2) is 0 Å². The van der Waals surface area contributed by atoms with Crippen LogP contribution in [0.3, 0.4) is 0 Å². The van der Waals surface area contributed by atoms with Crippen molar-refractivity contribution in [2.45, 2.75) is 38.1 Å². The fourth-order valence-corrected chi connectivity index (χ4v) is 5.96. The number of amides is 2. The molecule has 2 amide bonds. The van der Waals surface area contributed by atoms with E-state index in [0.717, 1.165) is 38.8 Å². The van der Waals surface area contributed by atoms with Gasteiger partial charge < -0.3 is 19.1 Å². The van der Waals surface area contributed by atoms with Crippen LogP contribution in [0.25, 0.3) is 0 Å². The summed E-state index contributed by atoms with van der Waals surface area (Å²) in [6.07, 6.45) is 4.05. The highest BCUT2D eigenvalue weighted by molar-refractivity contribution is 6.03. The first-order valence-corrected chi connectivity index (χ1v) is 14.4. The Morgan fingerprint density at radius 2 is 1.83 bits per heavy atom. The molecule has 0 aromatic heterocycles. The van der Waals surface area contributed by atoms with Gasteiger partial charge in [0, 0.05) is 49.6 Å². The van der Waals surface area contributed by atoms with Crippen molar-refractivity contribution in [3.63, 3.8) is 0 Å². The molecule has 10 heteroatoms. The van der Waals surface area contributed by atoms with Gasteiger partial charge in [0.25, 0.3) is 5.91 Å². The molecule has 0 N–H and O–H groups in total. The second-order valence-corrected chi connectivity index (χ2v) is 10.8. The van der Waals surface area contributed by atoms with Crippen LogP contribution >= 0.6 is 0 Å². The summed E-state index contributed by atoms with van der Waals surface area (Å²) < 4.78 is 31.4. The molecular weight excluding hydrogens is 527 g/mol. The van der Waals surface area contributed by atoms with Crippen LogP contribution in [-0.4, -0.2) is 92.5 Å². The van der Waals surface area contributed by atoms with Crippen molar-refractivity contribution >= 4 is 17.5 Å². The summed E-state index contributed by atoms with van der Waals surface area (Å²) in [6, 6.07) is 11.3. The van der Waals surface area contributed by atoms with Gasteiger partial charge in [-0.25, -0.2) is 9.40 Å². The van der Waals surface area contributed by atoms with Crippen molar-refractivity contribution in [1.29, 1.82) is 0 Å². The predicted octanol–water partition coefficient (Wildman–Crippen LogP) is 3.87. The first-order valence-electron chi connectivity index (χ1n) is 14.4. The smallest absolute Gasteiger partial charge is 0.262 e. The minimum absolute atomic E-state index is 0.0251. The maximum atomic E-state index is 14.8. The molecule has 1 aliphatic carbocycles. The molecule has 2 aromatic rings. The molecule has 5 rings (SSSR count). The number of ether oxygens (including phenoxy) is 3. The number of rotatable bonds is 10. The monoisotopic (exact) mass is 566 g/mol. The van der Waals surface area contributed by atoms with Crippen LogP contribution in [-0.2, 0) is 14.3 Å². The molecule has 1 saturated heterocycles. The van der Waals surface area contributed by atoms with E-state index in [0.29, 0.717) is 61.1 Å². The second kappa shape index (κ2) is 13.4. The highest BCUT2D eigenvalue weighted by Gasteiger charge is 2.38. The van der Waals surface area contributed by atoms with E-state index in [1.54, 1.807) is 49.5 Å². The lowest BCUT2D eigenvalue weighted by molar-refractivity contribution is -0.144. The number of methoxy groups -OCH3 is 2. The Hall–Kier alpha value is -3.50. The van der Waals surface area contributed by atoms with Crippen LogP contribution in [0.2, 0.25) is 0 Å². The van der Waals surface area contributed by atoms with Crippen LogP contribution < -0.4 is 9.47 Å². The Bertz CT molecular complexity index is 1260. The highest BCUT2D eigenvalue weighted by atomic mass is 19.1. The van der Waals surface area contributed by atoms with Gasteiger partial charge >= 0.3 is 0 Å². The molecule has 0 bridgehead atoms. The average Bonchev–Trinajstić information content (AvgIpc) is 3.70. The Kier molecular flexibility index (Phi) is 9.51. The van der Waals surface area contributed by atoms with E-state index < -0.39 is 11.9 Å². The number of benzene rings is 2. The Morgan fingerprint density at radius 3 is 2.54 bits per heavy atom. The summed E-state index contributed by atoms with van der Waals surface area (Å²) in [7, 11) is 3.14. The lowest BCUT2D eigenvalue weighted by atomic mass is 9.97. The molecule has 0 radical (unpaired) electrons. The first kappa shape index (κ1) is 29.0. The van der Waals surface area contributed by atoms with Gasteiger partial charge in [0.1, 0.15) is 23.9 Å². The Labute approximate surface area is 240 Å². The molecule has 1 unspecified atom stereocenters. The number of nitrogens with zero attached hydrogens (tertiary/aromatic N) is 4. The molecule has 9 nitrogen and oxygen atoms in total. The molecule has 1 saturated carbocycles. The molecule has 220 valence electrons. The number of morpholine rings is 1. The van der Waals surface area contributed by atoms with E-state index >= 15 is 0 Å². The fourth-order valence-electron chi connectivity index (χ4n) is 5.96. The maximum absolute atomic E-state index is 14.8. The van der Waals surface area contributed by atoms with E-state index in [2.05, 4.69) is 10.0 Å². The van der Waals surface area contributed by atoms with Gasteiger partial charge in [-0.05, 0) is 37.1 Å². The van der Waals surface area contributed by atoms with Gasteiger partial charge in [-0.15, -0.1) is 0 Å². The standard InChI is InChI=1S/C31H39FN4O5/c1-39-23-11-12-29(40-2)25(19-23)28-20-27(24-9-5-6-10-26(24)32)33-36(28)30(37)21-35(31(38)22-7-3-4-8-22)14-13-34-15-17-41-18-16-34/h5-6,9-12,19,22,28H,3-4,7-8,13-18,20-21H2,1-2H3. The van der Waals surface area contributed by atoms with E-state index in [1.165, 1.54) is 11.1 Å². The van der Waals surface area contributed by atoms with E-state index in [4.69, 9.17) is 14.2 Å². The number of hydrazone groups is 1. The van der Waals surface area contributed by atoms with Crippen LogP contribution in [0.1, 0.15) is 49.3 Å². The maximum Gasteiger partial charge on any atom is 0.262 e. The number of carbonyl (C=O) groups excluding carboxylic acids is 2. The van der Waals surface area contributed by atoms with Crippen molar-refractivity contribution < 1.29 is 28.2 Å². The van der Waals surface area contributed by atoms with Gasteiger partial charge in [0.2, 0.25) is 5.91 Å². The zero-order valence-electron chi connectivity index (χ0n) is 23.9. The lowest BCUT2D eigenvalue weighted by Gasteiger charge is -2.32. The third-order valence-corrected chi connectivity index (χ3v) is 8.28. The molecule has 2 heterocycles. The van der Waals surface area contributed by atoms with Gasteiger partial charge in [-0.1, -0.05) is 31.0 Å². The quantitative estimate of drug-likeness (QED) is 0.434. The number of halogens is 1. The number of carbonyl (C=O) groups is 2. The Balaban J connectivity index is 1.44. The van der Waals surface area contributed by atoms with Gasteiger partial charge in [0.05, 0.1) is 39.2 Å². The van der Waals surface area contributed by atoms with Gasteiger partial charge in [-0.2, -0.15) is 5.10 Å². The van der Waals surface area contributed by atoms with Crippen molar-refractivity contribution in [2.75, 3.05) is 60.2 Å². The normalized spacial score (nSPS) is 19.7. The van der Waals surface area contributed by atoms with E-state index in [9.17, 15) is 14.0 Å². The molecule has 2 aliphatic heterocycles. The highest BCUT2D eigenvalue weighted by Crippen LogP contribution is 2.39. The van der Waals surface area contributed by atoms with Crippen molar-refractivity contribution in [3.05, 3.63) is 59.4 Å². The fraction of sp³-hybridized carbons (Fsp3) is 0.516. The van der Waals surface area contributed by atoms with Crippen LogP contribution in [0.4, 0.5) is 4.39 Å². The van der Waals surface area contributed by atoms with Gasteiger partial charge in [-0.3, -0.25) is 14.5 Å². The zero-order valence-corrected chi connectivity index (χ0v) is 23.9. The van der Waals surface area contributed by atoms with E-state index in [-0.39, 0.29) is 24.3 Å². The Morgan fingerprint density at radius 1 is 1.07 bits per heavy atom. The van der Waals surface area contributed by atoms with Crippen molar-refractivity contribution in [3.8, 4) is 11.5 Å². The minimum atomic E-state index is -0.551. The SMILES string of the molecule is COc1ccc(OC)c(C2CC(c3ccccc3F)=NN2C(=O)CN(CCN2CCOCC2)C(=O)C2CCCC2)c1. The van der Waals surface area contributed by atoms with Crippen LogP contribution in [0.5, 0.6) is 11.5 Å². The predicted molar refractivity (Wildman–Crippen MR) is 152 cm³/mol. The second-order valence-electron chi connectivity index (χ2n) is 10.8. The van der Waals surface area contributed by atoms with Crippen LogP contribution in [0, 0.1) is 11.7 Å². The van der Waals surface area contributed by atoms with Crippen molar-refractivity contribution in [1.82, 2.24) is 14.8 Å². The number of hydrogen-bond donors (Lipinski definition) is 0. The summed E-state index contributed by atoms with van der Waals surface area (Å²) in [5, 5.41) is 6.07. The molecule has 2 aromatic carbocycles. The molecule has 1 atom stereocenters. The summed E-state index contributed by atoms with van der Waals surface area (Å²) >= 11 is 0. The van der Waals surface area contributed by atoms with Crippen molar-refractivity contribution in [2.24, 2.45) is 11.0 Å².